The Kier molecular flexibility index (Phi) is 11.3. The molecule has 4 aromatic rings. The first-order valence-electron chi connectivity index (χ1n) is 14.7. The zero-order chi connectivity index (χ0) is 32.6. The van der Waals surface area contributed by atoms with Crippen LogP contribution in [0.4, 0.5) is 5.69 Å². The highest BCUT2D eigenvalue weighted by Crippen LogP contribution is 2.29. The number of carbonyl (C=O) groups excluding carboxylic acids is 2. The Labute approximate surface area is 270 Å². The van der Waals surface area contributed by atoms with Gasteiger partial charge in [-0.3, -0.25) is 13.9 Å². The summed E-state index contributed by atoms with van der Waals surface area (Å²) < 4.78 is 35.1. The smallest absolute Gasteiger partial charge is 0.264 e. The molecule has 0 aromatic heterocycles. The maximum Gasteiger partial charge on any atom is 0.264 e. The van der Waals surface area contributed by atoms with Gasteiger partial charge in [0.2, 0.25) is 11.8 Å². The van der Waals surface area contributed by atoms with Gasteiger partial charge in [0.15, 0.2) is 0 Å². The predicted molar refractivity (Wildman–Crippen MR) is 178 cm³/mol. The summed E-state index contributed by atoms with van der Waals surface area (Å²) in [5.74, 6) is 0.259. The van der Waals surface area contributed by atoms with Crippen molar-refractivity contribution in [2.24, 2.45) is 0 Å². The lowest BCUT2D eigenvalue weighted by Gasteiger charge is -2.32. The third kappa shape index (κ3) is 8.86. The average Bonchev–Trinajstić information content (AvgIpc) is 3.04. The second kappa shape index (κ2) is 15.1. The van der Waals surface area contributed by atoms with Crippen LogP contribution in [0.1, 0.15) is 38.3 Å². The Hall–Kier alpha value is -4.34. The molecule has 0 saturated carbocycles. The van der Waals surface area contributed by atoms with Gasteiger partial charge in [-0.2, -0.15) is 0 Å². The van der Waals surface area contributed by atoms with Gasteiger partial charge in [-0.05, 0) is 93.4 Å². The van der Waals surface area contributed by atoms with E-state index >= 15 is 0 Å². The normalized spacial score (nSPS) is 12.6. The molecule has 0 aliphatic carbocycles. The van der Waals surface area contributed by atoms with Gasteiger partial charge in [-0.1, -0.05) is 66.6 Å². The minimum Gasteiger partial charge on any atom is -0.457 e. The maximum absolute atomic E-state index is 14.1. The Morgan fingerprint density at radius 2 is 1.44 bits per heavy atom. The van der Waals surface area contributed by atoms with E-state index < -0.39 is 28.5 Å². The molecular weight excluding hydrogens is 610 g/mol. The van der Waals surface area contributed by atoms with E-state index in [0.717, 1.165) is 21.9 Å². The van der Waals surface area contributed by atoms with Crippen molar-refractivity contribution in [1.82, 2.24) is 10.2 Å². The van der Waals surface area contributed by atoms with Crippen LogP contribution in [0.3, 0.4) is 0 Å². The van der Waals surface area contributed by atoms with Crippen molar-refractivity contribution in [1.29, 1.82) is 0 Å². The molecule has 0 bridgehead atoms. The van der Waals surface area contributed by atoms with E-state index in [0.29, 0.717) is 16.5 Å². The van der Waals surface area contributed by atoms with Crippen molar-refractivity contribution in [3.05, 3.63) is 119 Å². The minimum atomic E-state index is -4.19. The number of carbonyl (C=O) groups is 2. The third-order valence-electron chi connectivity index (χ3n) is 7.43. The number of aryl methyl sites for hydroxylation is 1. The van der Waals surface area contributed by atoms with Crippen LogP contribution in [0.15, 0.2) is 108 Å². The first kappa shape index (κ1) is 33.6. The highest BCUT2D eigenvalue weighted by molar-refractivity contribution is 7.92. The summed E-state index contributed by atoms with van der Waals surface area (Å²) in [6, 6.07) is 28.1. The summed E-state index contributed by atoms with van der Waals surface area (Å²) in [5, 5.41) is 3.47. The first-order chi connectivity index (χ1) is 21.5. The van der Waals surface area contributed by atoms with Gasteiger partial charge in [-0.15, -0.1) is 0 Å². The van der Waals surface area contributed by atoms with Crippen LogP contribution in [-0.2, 0) is 26.2 Å². The molecule has 0 heterocycles. The molecule has 0 aliphatic heterocycles. The lowest BCUT2D eigenvalue weighted by atomic mass is 10.1. The number of amides is 2. The topological polar surface area (TPSA) is 96.0 Å². The van der Waals surface area contributed by atoms with Gasteiger partial charge in [0, 0.05) is 17.6 Å². The van der Waals surface area contributed by atoms with Gasteiger partial charge in [0.25, 0.3) is 10.0 Å². The van der Waals surface area contributed by atoms with E-state index in [9.17, 15) is 18.0 Å². The van der Waals surface area contributed by atoms with Gasteiger partial charge in [0.1, 0.15) is 24.1 Å². The second-order valence-corrected chi connectivity index (χ2v) is 13.2. The molecule has 236 valence electrons. The lowest BCUT2D eigenvalue weighted by Crippen LogP contribution is -2.52. The predicted octanol–water partition coefficient (Wildman–Crippen LogP) is 6.97. The Balaban J connectivity index is 1.70. The van der Waals surface area contributed by atoms with Crippen molar-refractivity contribution >= 4 is 39.1 Å². The monoisotopic (exact) mass is 647 g/mol. The molecule has 2 amide bonds. The van der Waals surface area contributed by atoms with Crippen LogP contribution in [0.2, 0.25) is 5.02 Å². The fourth-order valence-electron chi connectivity index (χ4n) is 4.51. The minimum absolute atomic E-state index is 0.0392. The molecule has 0 radical (unpaired) electrons. The van der Waals surface area contributed by atoms with Crippen molar-refractivity contribution in [2.45, 2.75) is 57.6 Å². The number of rotatable bonds is 13. The lowest BCUT2D eigenvalue weighted by molar-refractivity contribution is -0.139. The van der Waals surface area contributed by atoms with E-state index in [1.807, 2.05) is 51.1 Å². The number of hydrogen-bond acceptors (Lipinski definition) is 5. The third-order valence-corrected chi connectivity index (χ3v) is 9.47. The summed E-state index contributed by atoms with van der Waals surface area (Å²) in [7, 11) is -4.19. The average molecular weight is 648 g/mol. The number of halogens is 1. The number of para-hydroxylation sites is 1. The van der Waals surface area contributed by atoms with Gasteiger partial charge in [0.05, 0.1) is 10.6 Å². The van der Waals surface area contributed by atoms with Gasteiger partial charge in [-0.25, -0.2) is 8.42 Å². The second-order valence-electron chi connectivity index (χ2n) is 10.9. The first-order valence-corrected chi connectivity index (χ1v) is 16.6. The van der Waals surface area contributed by atoms with Gasteiger partial charge >= 0.3 is 0 Å². The number of ether oxygens (including phenoxy) is 1. The maximum atomic E-state index is 14.1. The number of nitrogens with one attached hydrogen (secondary N) is 1. The molecule has 0 unspecified atom stereocenters. The molecule has 2 atom stereocenters. The number of benzene rings is 4. The molecule has 8 nitrogen and oxygen atoms in total. The summed E-state index contributed by atoms with van der Waals surface area (Å²) in [4.78, 5) is 28.8. The van der Waals surface area contributed by atoms with Crippen molar-refractivity contribution in [3.63, 3.8) is 0 Å². The standard InChI is InChI=1S/C35H38ClN3O5S/c1-5-26(3)37-35(41)27(4)38(23-28-13-15-29(36)16-14-28)34(40)24-39(45(42,43)33-21-11-25(2)12-22-33)30-17-19-32(20-18-30)44-31-9-7-6-8-10-31/h6-22,26-27H,5,23-24H2,1-4H3,(H,37,41)/t26-,27-/m0/s1. The summed E-state index contributed by atoms with van der Waals surface area (Å²) in [5.41, 5.74) is 1.91. The van der Waals surface area contributed by atoms with E-state index in [-0.39, 0.29) is 29.1 Å². The zero-order valence-corrected chi connectivity index (χ0v) is 27.4. The SMILES string of the molecule is CC[C@H](C)NC(=O)[C@H](C)N(Cc1ccc(Cl)cc1)C(=O)CN(c1ccc(Oc2ccccc2)cc1)S(=O)(=O)c1ccc(C)cc1. The van der Waals surface area contributed by atoms with Crippen LogP contribution in [0.5, 0.6) is 11.5 Å². The van der Waals surface area contributed by atoms with Crippen LogP contribution < -0.4 is 14.4 Å². The largest absolute Gasteiger partial charge is 0.457 e. The zero-order valence-electron chi connectivity index (χ0n) is 25.8. The quantitative estimate of drug-likeness (QED) is 0.169. The Bertz CT molecular complexity index is 1680. The van der Waals surface area contributed by atoms with Crippen LogP contribution in [0.25, 0.3) is 0 Å². The summed E-state index contributed by atoms with van der Waals surface area (Å²) in [6.07, 6.45) is 0.718. The van der Waals surface area contributed by atoms with Gasteiger partial charge < -0.3 is 15.0 Å². The molecule has 10 heteroatoms. The molecule has 0 spiro atoms. The van der Waals surface area contributed by atoms with Crippen LogP contribution in [0, 0.1) is 6.92 Å². The molecule has 4 aromatic carbocycles. The fourth-order valence-corrected chi connectivity index (χ4v) is 6.05. The van der Waals surface area contributed by atoms with Crippen LogP contribution >= 0.6 is 11.6 Å². The van der Waals surface area contributed by atoms with Crippen molar-refractivity contribution in [2.75, 3.05) is 10.8 Å². The number of nitrogens with zero attached hydrogens (tertiary/aromatic N) is 2. The van der Waals surface area contributed by atoms with E-state index in [1.54, 1.807) is 67.6 Å². The summed E-state index contributed by atoms with van der Waals surface area (Å²) >= 11 is 6.08. The molecule has 1 N–H and O–H groups in total. The highest BCUT2D eigenvalue weighted by atomic mass is 35.5. The molecule has 45 heavy (non-hydrogen) atoms. The van der Waals surface area contributed by atoms with Crippen molar-refractivity contribution in [3.8, 4) is 11.5 Å². The Morgan fingerprint density at radius 1 is 0.844 bits per heavy atom. The fraction of sp³-hybridized carbons (Fsp3) is 0.257. The van der Waals surface area contributed by atoms with Crippen LogP contribution in [-0.4, -0.2) is 43.8 Å². The van der Waals surface area contributed by atoms with E-state index in [1.165, 1.54) is 17.0 Å². The molecular formula is C35H38ClN3O5S. The molecule has 0 saturated heterocycles. The number of sulfonamides is 1. The molecule has 0 fully saturated rings. The molecule has 0 aliphatic rings. The van der Waals surface area contributed by atoms with E-state index in [4.69, 9.17) is 16.3 Å². The van der Waals surface area contributed by atoms with Crippen molar-refractivity contribution < 1.29 is 22.7 Å². The highest BCUT2D eigenvalue weighted by Gasteiger charge is 2.33. The van der Waals surface area contributed by atoms with E-state index in [2.05, 4.69) is 5.32 Å². The number of hydrogen-bond donors (Lipinski definition) is 1. The summed E-state index contributed by atoms with van der Waals surface area (Å²) in [6.45, 7) is 6.88. The Morgan fingerprint density at radius 3 is 2.04 bits per heavy atom. The number of anilines is 1. The molecule has 4 rings (SSSR count).